The lowest BCUT2D eigenvalue weighted by atomic mass is 9.85. The predicted molar refractivity (Wildman–Crippen MR) is 85.0 cm³/mol. The first-order chi connectivity index (χ1) is 8.43. The zero-order valence-electron chi connectivity index (χ0n) is 11.4. The lowest BCUT2D eigenvalue weighted by Gasteiger charge is -2.19. The number of benzene rings is 1. The highest BCUT2D eigenvalue weighted by Crippen LogP contribution is 2.36. The molecule has 3 heteroatoms. The minimum atomic E-state index is 0.0977. The monoisotopic (exact) mass is 357 g/mol. The highest BCUT2D eigenvalue weighted by molar-refractivity contribution is 14.1. The van der Waals surface area contributed by atoms with E-state index in [9.17, 15) is 0 Å². The van der Waals surface area contributed by atoms with Crippen molar-refractivity contribution >= 4 is 33.6 Å². The summed E-state index contributed by atoms with van der Waals surface area (Å²) in [7, 11) is 0. The molecule has 0 unspecified atom stereocenters. The quantitative estimate of drug-likeness (QED) is 0.822. The summed E-state index contributed by atoms with van der Waals surface area (Å²) >= 11 is 2.35. The molecular formula is C15H20INO. The number of halogens is 1. The Labute approximate surface area is 122 Å². The van der Waals surface area contributed by atoms with Crippen molar-refractivity contribution in [3.63, 3.8) is 0 Å². The Morgan fingerprint density at radius 1 is 1.28 bits per heavy atom. The first kappa shape index (κ1) is 13.9. The smallest absolute Gasteiger partial charge is 0.134 e. The van der Waals surface area contributed by atoms with Crippen LogP contribution in [-0.4, -0.2) is 6.54 Å². The lowest BCUT2D eigenvalue weighted by Crippen LogP contribution is -2.18. The van der Waals surface area contributed by atoms with Gasteiger partial charge < -0.3 is 9.73 Å². The zero-order valence-corrected chi connectivity index (χ0v) is 13.6. The highest BCUT2D eigenvalue weighted by atomic mass is 127. The van der Waals surface area contributed by atoms with Gasteiger partial charge >= 0.3 is 0 Å². The third-order valence-corrected chi connectivity index (χ3v) is 3.68. The molecule has 0 aliphatic carbocycles. The zero-order chi connectivity index (χ0) is 13.3. The molecule has 1 aromatic heterocycles. The molecule has 2 rings (SSSR count). The highest BCUT2D eigenvalue weighted by Gasteiger charge is 2.24. The van der Waals surface area contributed by atoms with Crippen molar-refractivity contribution in [2.45, 2.75) is 39.7 Å². The van der Waals surface area contributed by atoms with Crippen LogP contribution in [0.1, 0.15) is 39.0 Å². The molecule has 1 aromatic carbocycles. The van der Waals surface area contributed by atoms with Crippen molar-refractivity contribution in [3.05, 3.63) is 33.1 Å². The van der Waals surface area contributed by atoms with Crippen LogP contribution in [0.2, 0.25) is 0 Å². The average molecular weight is 357 g/mol. The van der Waals surface area contributed by atoms with Crippen LogP contribution in [0.3, 0.4) is 0 Å². The van der Waals surface area contributed by atoms with Crippen LogP contribution in [0.15, 0.2) is 22.6 Å². The molecule has 0 saturated heterocycles. The number of nitrogens with one attached hydrogen (secondary N) is 1. The van der Waals surface area contributed by atoms with Gasteiger partial charge in [0.2, 0.25) is 0 Å². The molecule has 0 spiro atoms. The Bertz CT molecular complexity index is 551. The average Bonchev–Trinajstić information content (AvgIpc) is 2.63. The van der Waals surface area contributed by atoms with Gasteiger partial charge in [-0.3, -0.25) is 0 Å². The fourth-order valence-electron chi connectivity index (χ4n) is 2.31. The minimum Gasteiger partial charge on any atom is -0.459 e. The Morgan fingerprint density at radius 2 is 2.00 bits per heavy atom. The molecule has 2 aromatic rings. The van der Waals surface area contributed by atoms with Gasteiger partial charge in [-0.2, -0.15) is 0 Å². The minimum absolute atomic E-state index is 0.0977. The molecule has 0 bridgehead atoms. The van der Waals surface area contributed by atoms with Crippen LogP contribution in [0.25, 0.3) is 11.0 Å². The molecule has 0 aliphatic rings. The Balaban J connectivity index is 2.62. The maximum Gasteiger partial charge on any atom is 0.134 e. The van der Waals surface area contributed by atoms with Crippen LogP contribution in [0.4, 0.5) is 0 Å². The van der Waals surface area contributed by atoms with Crippen molar-refractivity contribution < 1.29 is 4.42 Å². The molecule has 2 nitrogen and oxygen atoms in total. The fourth-order valence-corrected chi connectivity index (χ4v) is 2.80. The second-order valence-electron chi connectivity index (χ2n) is 5.57. The first-order valence-electron chi connectivity index (χ1n) is 6.35. The van der Waals surface area contributed by atoms with E-state index < -0.39 is 0 Å². The van der Waals surface area contributed by atoms with Gasteiger partial charge in [0.25, 0.3) is 0 Å². The molecule has 1 heterocycles. The molecule has 0 radical (unpaired) electrons. The largest absolute Gasteiger partial charge is 0.459 e. The second kappa shape index (κ2) is 5.21. The van der Waals surface area contributed by atoms with Gasteiger partial charge in [-0.05, 0) is 52.7 Å². The van der Waals surface area contributed by atoms with Gasteiger partial charge in [0.1, 0.15) is 11.3 Å². The van der Waals surface area contributed by atoms with E-state index in [1.54, 1.807) is 0 Å². The van der Waals surface area contributed by atoms with E-state index in [1.807, 2.05) is 0 Å². The van der Waals surface area contributed by atoms with Gasteiger partial charge in [0.15, 0.2) is 0 Å². The molecule has 0 saturated carbocycles. The van der Waals surface area contributed by atoms with Crippen LogP contribution >= 0.6 is 22.6 Å². The third kappa shape index (κ3) is 2.72. The summed E-state index contributed by atoms with van der Waals surface area (Å²) in [6, 6.07) is 6.38. The molecule has 98 valence electrons. The number of fused-ring (bicyclic) bond motifs is 1. The van der Waals surface area contributed by atoms with E-state index in [4.69, 9.17) is 4.42 Å². The number of hydrogen-bond donors (Lipinski definition) is 1. The molecule has 0 aliphatic heterocycles. The summed E-state index contributed by atoms with van der Waals surface area (Å²) in [5.41, 5.74) is 2.42. The maximum absolute atomic E-state index is 6.02. The maximum atomic E-state index is 6.02. The van der Waals surface area contributed by atoms with Crippen LogP contribution in [-0.2, 0) is 12.0 Å². The van der Waals surface area contributed by atoms with Crippen molar-refractivity contribution in [1.29, 1.82) is 0 Å². The SMILES string of the molecule is CCNCc1oc2ccc(I)cc2c1C(C)(C)C. The number of hydrogen-bond acceptors (Lipinski definition) is 2. The summed E-state index contributed by atoms with van der Waals surface area (Å²) in [5, 5.41) is 4.61. The molecule has 0 amide bonds. The topological polar surface area (TPSA) is 25.2 Å². The van der Waals surface area contributed by atoms with Crippen molar-refractivity contribution in [2.24, 2.45) is 0 Å². The predicted octanol–water partition coefficient (Wildman–Crippen LogP) is 4.44. The Hall–Kier alpha value is -0.550. The van der Waals surface area contributed by atoms with E-state index in [-0.39, 0.29) is 5.41 Å². The summed E-state index contributed by atoms with van der Waals surface area (Å²) in [6.45, 7) is 10.6. The van der Waals surface area contributed by atoms with Gasteiger partial charge in [0.05, 0.1) is 6.54 Å². The lowest BCUT2D eigenvalue weighted by molar-refractivity contribution is 0.487. The molecule has 1 N–H and O–H groups in total. The van der Waals surface area contributed by atoms with E-state index in [0.29, 0.717) is 0 Å². The standard InChI is InChI=1S/C15H20INO/c1-5-17-9-13-14(15(2,3)4)11-8-10(16)6-7-12(11)18-13/h6-8,17H,5,9H2,1-4H3. The summed E-state index contributed by atoms with van der Waals surface area (Å²) in [6.07, 6.45) is 0. The summed E-state index contributed by atoms with van der Waals surface area (Å²) < 4.78 is 7.27. The van der Waals surface area contributed by atoms with E-state index in [0.717, 1.165) is 24.4 Å². The fraction of sp³-hybridized carbons (Fsp3) is 0.467. The van der Waals surface area contributed by atoms with Crippen LogP contribution in [0.5, 0.6) is 0 Å². The van der Waals surface area contributed by atoms with Crippen molar-refractivity contribution in [2.75, 3.05) is 6.54 Å². The van der Waals surface area contributed by atoms with Gasteiger partial charge in [-0.1, -0.05) is 27.7 Å². The Kier molecular flexibility index (Phi) is 4.02. The third-order valence-electron chi connectivity index (χ3n) is 3.01. The number of rotatable bonds is 3. The molecule has 0 fully saturated rings. The van der Waals surface area contributed by atoms with E-state index in [2.05, 4.69) is 73.8 Å². The van der Waals surface area contributed by atoms with E-state index >= 15 is 0 Å². The second-order valence-corrected chi connectivity index (χ2v) is 6.82. The summed E-state index contributed by atoms with van der Waals surface area (Å²) in [4.78, 5) is 0. The van der Waals surface area contributed by atoms with Gasteiger partial charge in [-0.25, -0.2) is 0 Å². The normalized spacial score (nSPS) is 12.3. The van der Waals surface area contributed by atoms with Crippen LogP contribution in [0, 0.1) is 3.57 Å². The Morgan fingerprint density at radius 3 is 2.61 bits per heavy atom. The molecule has 18 heavy (non-hydrogen) atoms. The van der Waals surface area contributed by atoms with Gasteiger partial charge in [-0.15, -0.1) is 0 Å². The molecule has 0 atom stereocenters. The first-order valence-corrected chi connectivity index (χ1v) is 7.43. The summed E-state index contributed by atoms with van der Waals surface area (Å²) in [5.74, 6) is 1.07. The van der Waals surface area contributed by atoms with Gasteiger partial charge in [0, 0.05) is 14.5 Å². The van der Waals surface area contributed by atoms with Crippen molar-refractivity contribution in [1.82, 2.24) is 5.32 Å². The van der Waals surface area contributed by atoms with E-state index in [1.165, 1.54) is 14.5 Å². The van der Waals surface area contributed by atoms with Crippen LogP contribution < -0.4 is 5.32 Å². The number of furan rings is 1. The molecular weight excluding hydrogens is 337 g/mol. The van der Waals surface area contributed by atoms with Crippen molar-refractivity contribution in [3.8, 4) is 0 Å².